The van der Waals surface area contributed by atoms with Crippen LogP contribution >= 0.6 is 0 Å². The molecule has 2 aliphatic rings. The Morgan fingerprint density at radius 3 is 2.86 bits per heavy atom. The molecule has 1 atom stereocenters. The molecule has 1 saturated carbocycles. The van der Waals surface area contributed by atoms with E-state index in [0.29, 0.717) is 17.9 Å². The number of benzene rings is 1. The van der Waals surface area contributed by atoms with E-state index in [2.05, 4.69) is 0 Å². The highest BCUT2D eigenvalue weighted by molar-refractivity contribution is 5.96. The van der Waals surface area contributed by atoms with Crippen LogP contribution in [0.3, 0.4) is 0 Å². The highest BCUT2D eigenvalue weighted by Crippen LogP contribution is 2.43. The van der Waals surface area contributed by atoms with Crippen molar-refractivity contribution in [2.24, 2.45) is 0 Å². The first-order valence-electron chi connectivity index (χ1n) is 7.69. The Labute approximate surface area is 124 Å². The molecular formula is C17H21FO3. The first-order chi connectivity index (χ1) is 10.1. The van der Waals surface area contributed by atoms with Gasteiger partial charge in [-0.2, -0.15) is 0 Å². The van der Waals surface area contributed by atoms with E-state index in [1.54, 1.807) is 0 Å². The minimum atomic E-state index is -0.422. The summed E-state index contributed by atoms with van der Waals surface area (Å²) >= 11 is 0. The fourth-order valence-corrected chi connectivity index (χ4v) is 3.49. The van der Waals surface area contributed by atoms with Crippen molar-refractivity contribution in [2.75, 3.05) is 6.61 Å². The molecule has 1 unspecified atom stereocenters. The van der Waals surface area contributed by atoms with Crippen molar-refractivity contribution < 1.29 is 18.7 Å². The molecule has 0 aromatic heterocycles. The van der Waals surface area contributed by atoms with Crippen LogP contribution in [0.25, 0.3) is 0 Å². The lowest BCUT2D eigenvalue weighted by Crippen LogP contribution is -2.27. The van der Waals surface area contributed by atoms with Gasteiger partial charge in [-0.1, -0.05) is 12.8 Å². The second-order valence-electron chi connectivity index (χ2n) is 6.18. The van der Waals surface area contributed by atoms with Gasteiger partial charge in [0.15, 0.2) is 5.78 Å². The molecule has 0 radical (unpaired) electrons. The van der Waals surface area contributed by atoms with Crippen LogP contribution in [0.1, 0.15) is 55.8 Å². The number of carbonyl (C=O) groups is 1. The lowest BCUT2D eigenvalue weighted by atomic mass is 9.98. The maximum absolute atomic E-state index is 13.2. The molecule has 1 heterocycles. The summed E-state index contributed by atoms with van der Waals surface area (Å²) in [6.45, 7) is 1.84. The van der Waals surface area contributed by atoms with Crippen LogP contribution in [0.4, 0.5) is 4.39 Å². The van der Waals surface area contributed by atoms with Gasteiger partial charge >= 0.3 is 0 Å². The molecular weight excluding hydrogens is 271 g/mol. The Kier molecular flexibility index (Phi) is 3.98. The topological polar surface area (TPSA) is 35.5 Å². The number of halogens is 1. The third-order valence-corrected chi connectivity index (χ3v) is 4.60. The second-order valence-corrected chi connectivity index (χ2v) is 6.18. The highest BCUT2D eigenvalue weighted by Gasteiger charge is 2.42. The minimum absolute atomic E-state index is 0.0768. The maximum atomic E-state index is 13.2. The number of Topliss-reactive ketones (excluding diaryl/α,β-unsaturated/α-hetero) is 1. The molecule has 0 amide bonds. The molecule has 3 nitrogen and oxygen atoms in total. The monoisotopic (exact) mass is 292 g/mol. The van der Waals surface area contributed by atoms with Crippen molar-refractivity contribution in [3.63, 3.8) is 0 Å². The van der Waals surface area contributed by atoms with Crippen LogP contribution in [0.15, 0.2) is 18.2 Å². The average molecular weight is 292 g/mol. The fraction of sp³-hybridized carbons (Fsp3) is 0.588. The predicted octanol–water partition coefficient (Wildman–Crippen LogP) is 3.90. The van der Waals surface area contributed by atoms with E-state index in [9.17, 15) is 9.18 Å². The molecule has 4 heteroatoms. The van der Waals surface area contributed by atoms with Gasteiger partial charge in [0.1, 0.15) is 18.2 Å². The number of hydrogen-bond acceptors (Lipinski definition) is 3. The Balaban J connectivity index is 1.62. The lowest BCUT2D eigenvalue weighted by molar-refractivity contribution is -0.0509. The van der Waals surface area contributed by atoms with Gasteiger partial charge in [-0.3, -0.25) is 4.79 Å². The van der Waals surface area contributed by atoms with Crippen molar-refractivity contribution in [1.82, 2.24) is 0 Å². The van der Waals surface area contributed by atoms with Gasteiger partial charge in [0.2, 0.25) is 0 Å². The van der Waals surface area contributed by atoms with E-state index in [1.807, 2.05) is 0 Å². The van der Waals surface area contributed by atoms with Crippen LogP contribution < -0.4 is 4.74 Å². The quantitative estimate of drug-likeness (QED) is 0.790. The number of ketones is 1. The second kappa shape index (κ2) is 5.76. The van der Waals surface area contributed by atoms with E-state index in [1.165, 1.54) is 38.0 Å². The summed E-state index contributed by atoms with van der Waals surface area (Å²) in [7, 11) is 0. The largest absolute Gasteiger partial charge is 0.490 e. The SMILES string of the molecule is CC(=O)c1cc(F)ccc1OCC1CCC2(CCCC2)O1. The Bertz CT molecular complexity index is 535. The molecule has 1 saturated heterocycles. The third kappa shape index (κ3) is 3.10. The molecule has 1 spiro atoms. The lowest BCUT2D eigenvalue weighted by Gasteiger charge is -2.24. The summed E-state index contributed by atoms with van der Waals surface area (Å²) in [6.07, 6.45) is 6.98. The molecule has 0 N–H and O–H groups in total. The summed E-state index contributed by atoms with van der Waals surface area (Å²) in [5, 5.41) is 0. The summed E-state index contributed by atoms with van der Waals surface area (Å²) in [5.74, 6) is -0.168. The molecule has 1 aliphatic carbocycles. The van der Waals surface area contributed by atoms with E-state index in [-0.39, 0.29) is 17.5 Å². The van der Waals surface area contributed by atoms with Crippen molar-refractivity contribution in [3.8, 4) is 5.75 Å². The van der Waals surface area contributed by atoms with Crippen LogP contribution in [0.2, 0.25) is 0 Å². The van der Waals surface area contributed by atoms with E-state index in [0.717, 1.165) is 25.7 Å². The number of carbonyl (C=O) groups excluding carboxylic acids is 1. The average Bonchev–Trinajstić information content (AvgIpc) is 3.08. The zero-order valence-corrected chi connectivity index (χ0v) is 12.4. The van der Waals surface area contributed by atoms with Gasteiger partial charge in [-0.05, 0) is 50.8 Å². The molecule has 1 aromatic carbocycles. The van der Waals surface area contributed by atoms with Crippen molar-refractivity contribution in [2.45, 2.75) is 57.2 Å². The van der Waals surface area contributed by atoms with E-state index in [4.69, 9.17) is 9.47 Å². The van der Waals surface area contributed by atoms with Crippen molar-refractivity contribution in [1.29, 1.82) is 0 Å². The Hall–Kier alpha value is -1.42. The molecule has 1 aromatic rings. The number of hydrogen-bond donors (Lipinski definition) is 0. The third-order valence-electron chi connectivity index (χ3n) is 4.60. The van der Waals surface area contributed by atoms with Crippen LogP contribution in [0, 0.1) is 5.82 Å². The summed E-state index contributed by atoms with van der Waals surface area (Å²) in [4.78, 5) is 11.5. The first kappa shape index (κ1) is 14.5. The number of rotatable bonds is 4. The van der Waals surface area contributed by atoms with Crippen molar-refractivity contribution in [3.05, 3.63) is 29.6 Å². The van der Waals surface area contributed by atoms with Gasteiger partial charge in [-0.15, -0.1) is 0 Å². The van der Waals surface area contributed by atoms with Gasteiger partial charge in [0.25, 0.3) is 0 Å². The number of ether oxygens (including phenoxy) is 2. The smallest absolute Gasteiger partial charge is 0.163 e. The molecule has 21 heavy (non-hydrogen) atoms. The predicted molar refractivity (Wildman–Crippen MR) is 77.2 cm³/mol. The normalized spacial score (nSPS) is 23.6. The molecule has 1 aliphatic heterocycles. The standard InChI is InChI=1S/C17H21FO3/c1-12(19)15-10-13(18)4-5-16(15)20-11-14-6-9-17(21-14)7-2-3-8-17/h4-5,10,14H,2-3,6-9,11H2,1H3. The highest BCUT2D eigenvalue weighted by atomic mass is 19.1. The summed E-state index contributed by atoms with van der Waals surface area (Å²) < 4.78 is 25.1. The Morgan fingerprint density at radius 2 is 2.14 bits per heavy atom. The van der Waals surface area contributed by atoms with Crippen LogP contribution in [0.5, 0.6) is 5.75 Å². The van der Waals surface area contributed by atoms with Crippen LogP contribution in [-0.4, -0.2) is 24.1 Å². The molecule has 3 rings (SSSR count). The zero-order valence-electron chi connectivity index (χ0n) is 12.4. The van der Waals surface area contributed by atoms with E-state index < -0.39 is 5.82 Å². The molecule has 114 valence electrons. The fourth-order valence-electron chi connectivity index (χ4n) is 3.49. The maximum Gasteiger partial charge on any atom is 0.163 e. The van der Waals surface area contributed by atoms with Crippen LogP contribution in [-0.2, 0) is 4.74 Å². The zero-order chi connectivity index (χ0) is 14.9. The van der Waals surface area contributed by atoms with Gasteiger partial charge in [-0.25, -0.2) is 4.39 Å². The minimum Gasteiger partial charge on any atom is -0.490 e. The van der Waals surface area contributed by atoms with Gasteiger partial charge in [0, 0.05) is 0 Å². The Morgan fingerprint density at radius 1 is 1.38 bits per heavy atom. The van der Waals surface area contributed by atoms with E-state index >= 15 is 0 Å². The van der Waals surface area contributed by atoms with Gasteiger partial charge in [0.05, 0.1) is 17.3 Å². The summed E-state index contributed by atoms with van der Waals surface area (Å²) in [6, 6.07) is 4.06. The summed E-state index contributed by atoms with van der Waals surface area (Å²) in [5.41, 5.74) is 0.379. The van der Waals surface area contributed by atoms with Gasteiger partial charge < -0.3 is 9.47 Å². The molecule has 2 fully saturated rings. The van der Waals surface area contributed by atoms with Crippen molar-refractivity contribution >= 4 is 5.78 Å². The molecule has 0 bridgehead atoms. The first-order valence-corrected chi connectivity index (χ1v) is 7.69.